The van der Waals surface area contributed by atoms with Gasteiger partial charge in [0.1, 0.15) is 5.02 Å². The van der Waals surface area contributed by atoms with Crippen molar-refractivity contribution in [1.82, 2.24) is 0 Å². The van der Waals surface area contributed by atoms with Crippen molar-refractivity contribution in [3.63, 3.8) is 0 Å². The highest BCUT2D eigenvalue weighted by Gasteiger charge is 2.17. The van der Waals surface area contributed by atoms with Gasteiger partial charge >= 0.3 is 0 Å². The fraction of sp³-hybridized carbons (Fsp3) is 0. The molecule has 13 heavy (non-hydrogen) atoms. The number of nitro benzene ring substituents is 1. The number of benzene rings is 1. The molecular formula is C6H2Cl2INO3. The van der Waals surface area contributed by atoms with Crippen LogP contribution in [0.2, 0.25) is 10.0 Å². The Morgan fingerprint density at radius 1 is 1.31 bits per heavy atom. The molecule has 0 aliphatic heterocycles. The van der Waals surface area contributed by atoms with Crippen LogP contribution < -0.4 is 0 Å². The Morgan fingerprint density at radius 3 is 2.38 bits per heavy atom. The lowest BCUT2D eigenvalue weighted by Crippen LogP contribution is -1.90. The molecule has 1 aromatic rings. The summed E-state index contributed by atoms with van der Waals surface area (Å²) in [4.78, 5) is 9.73. The third kappa shape index (κ3) is 2.15. The van der Waals surface area contributed by atoms with Crippen molar-refractivity contribution in [3.05, 3.63) is 35.9 Å². The maximum atomic E-state index is 10.6. The molecule has 0 aliphatic rings. The first-order valence-electron chi connectivity index (χ1n) is 2.97. The van der Waals surface area contributed by atoms with Crippen molar-refractivity contribution in [2.75, 3.05) is 0 Å². The number of nitro groups is 1. The lowest BCUT2D eigenvalue weighted by atomic mass is 10.3. The van der Waals surface area contributed by atoms with Crippen molar-refractivity contribution < 1.29 is 7.99 Å². The summed E-state index contributed by atoms with van der Waals surface area (Å²) < 4.78 is 11.0. The van der Waals surface area contributed by atoms with Gasteiger partial charge in [0.05, 0.1) is 13.5 Å². The molecule has 4 nitrogen and oxygen atoms in total. The fourth-order valence-corrected chi connectivity index (χ4v) is 2.25. The van der Waals surface area contributed by atoms with Gasteiger partial charge in [0.25, 0.3) is 5.69 Å². The second-order valence-electron chi connectivity index (χ2n) is 2.03. The van der Waals surface area contributed by atoms with Crippen molar-refractivity contribution in [1.29, 1.82) is 0 Å². The number of hydrogen-bond acceptors (Lipinski definition) is 3. The Bertz CT molecular complexity index is 382. The predicted octanol–water partition coefficient (Wildman–Crippen LogP) is 3.39. The number of rotatable bonds is 2. The summed E-state index contributed by atoms with van der Waals surface area (Å²) in [5, 5.41) is 10.2. The normalized spacial score (nSPS) is 10.0. The van der Waals surface area contributed by atoms with E-state index < -0.39 is 26.1 Å². The summed E-state index contributed by atoms with van der Waals surface area (Å²) in [7, 11) is 0. The maximum absolute atomic E-state index is 10.6. The first kappa shape index (κ1) is 10.8. The minimum absolute atomic E-state index is 0.0127. The molecule has 1 aromatic carbocycles. The van der Waals surface area contributed by atoms with E-state index in [9.17, 15) is 13.2 Å². The Labute approximate surface area is 93.6 Å². The molecule has 1 rings (SSSR count). The van der Waals surface area contributed by atoms with Crippen molar-refractivity contribution in [2.45, 2.75) is 0 Å². The third-order valence-corrected chi connectivity index (χ3v) is 3.86. The van der Waals surface area contributed by atoms with E-state index in [0.29, 0.717) is 3.57 Å². The van der Waals surface area contributed by atoms with Gasteiger partial charge in [-0.3, -0.25) is 13.2 Å². The molecule has 0 aromatic heterocycles. The molecule has 70 valence electrons. The van der Waals surface area contributed by atoms with Crippen LogP contribution in [0, 0.1) is 13.7 Å². The van der Waals surface area contributed by atoms with Gasteiger partial charge < -0.3 is 0 Å². The molecule has 7 heteroatoms. The zero-order chi connectivity index (χ0) is 10.0. The van der Waals surface area contributed by atoms with Crippen LogP contribution >= 0.6 is 44.4 Å². The monoisotopic (exact) mass is 333 g/mol. The van der Waals surface area contributed by atoms with E-state index in [1.54, 1.807) is 0 Å². The molecular weight excluding hydrogens is 332 g/mol. The molecule has 0 spiro atoms. The molecule has 0 atom stereocenters. The largest absolute Gasteiger partial charge is 0.289 e. The Balaban J connectivity index is 3.39. The number of hydrogen-bond donors (Lipinski definition) is 0. The van der Waals surface area contributed by atoms with Gasteiger partial charge in [0.2, 0.25) is 0 Å². The van der Waals surface area contributed by atoms with Gasteiger partial charge in [0.15, 0.2) is 21.2 Å². The highest BCUT2D eigenvalue weighted by Crippen LogP contribution is 2.35. The zero-order valence-corrected chi connectivity index (χ0v) is 9.63. The standard InChI is InChI=1S/C6H2Cl2INO3/c7-5-3(9-11)1-2-4(6(5)8)10(12)13/h1-2H. The smallest absolute Gasteiger partial charge is 0.265 e. The minimum Gasteiger partial charge on any atom is -0.265 e. The Morgan fingerprint density at radius 2 is 1.92 bits per heavy atom. The van der Waals surface area contributed by atoms with Gasteiger partial charge in [-0.15, -0.1) is 0 Å². The molecule has 0 N–H and O–H groups in total. The molecule has 0 radical (unpaired) electrons. The first-order valence-corrected chi connectivity index (χ1v) is 5.69. The molecule has 0 heterocycles. The third-order valence-electron chi connectivity index (χ3n) is 1.29. The molecule has 0 amide bonds. The quantitative estimate of drug-likeness (QED) is 0.361. The van der Waals surface area contributed by atoms with Crippen LogP contribution in [-0.4, -0.2) is 4.92 Å². The topological polar surface area (TPSA) is 60.2 Å². The maximum Gasteiger partial charge on any atom is 0.289 e. The van der Waals surface area contributed by atoms with Crippen molar-refractivity contribution in [2.24, 2.45) is 0 Å². The van der Waals surface area contributed by atoms with E-state index in [1.807, 2.05) is 0 Å². The summed E-state index contributed by atoms with van der Waals surface area (Å²) in [6, 6.07) is 2.55. The summed E-state index contributed by atoms with van der Waals surface area (Å²) in [6.45, 7) is 0. The highest BCUT2D eigenvalue weighted by atomic mass is 127. The average Bonchev–Trinajstić information content (AvgIpc) is 2.09. The lowest BCUT2D eigenvalue weighted by Gasteiger charge is -1.98. The van der Waals surface area contributed by atoms with Gasteiger partial charge in [-0.25, -0.2) is 0 Å². The molecule has 0 bridgehead atoms. The Hall–Kier alpha value is -0.270. The van der Waals surface area contributed by atoms with Crippen molar-refractivity contribution >= 4 is 50.1 Å². The summed E-state index contributed by atoms with van der Waals surface area (Å²) in [5.74, 6) is 0. The minimum atomic E-state index is -1.45. The zero-order valence-electron chi connectivity index (χ0n) is 5.96. The van der Waals surface area contributed by atoms with Gasteiger partial charge in [-0.2, -0.15) is 0 Å². The van der Waals surface area contributed by atoms with Crippen LogP contribution in [0.4, 0.5) is 5.69 Å². The first-order chi connectivity index (χ1) is 6.07. The molecule has 0 unspecified atom stereocenters. The van der Waals surface area contributed by atoms with Crippen LogP contribution in [0.1, 0.15) is 0 Å². The van der Waals surface area contributed by atoms with E-state index in [0.717, 1.165) is 0 Å². The molecule has 0 saturated heterocycles. The molecule has 0 saturated carbocycles. The van der Waals surface area contributed by atoms with Crippen LogP contribution in [-0.2, 0) is 3.07 Å². The van der Waals surface area contributed by atoms with E-state index >= 15 is 0 Å². The number of halogens is 3. The lowest BCUT2D eigenvalue weighted by molar-refractivity contribution is -0.384. The van der Waals surface area contributed by atoms with Crippen LogP contribution in [0.25, 0.3) is 0 Å². The van der Waals surface area contributed by atoms with Crippen LogP contribution in [0.15, 0.2) is 12.1 Å². The Kier molecular flexibility index (Phi) is 3.57. The van der Waals surface area contributed by atoms with Crippen molar-refractivity contribution in [3.8, 4) is 0 Å². The average molecular weight is 334 g/mol. The predicted molar refractivity (Wildman–Crippen MR) is 56.5 cm³/mol. The summed E-state index contributed by atoms with van der Waals surface area (Å²) in [6.07, 6.45) is 0. The summed E-state index contributed by atoms with van der Waals surface area (Å²) in [5.41, 5.74) is -0.270. The molecule has 0 aliphatic carbocycles. The van der Waals surface area contributed by atoms with Gasteiger partial charge in [-0.1, -0.05) is 23.2 Å². The van der Waals surface area contributed by atoms with E-state index in [2.05, 4.69) is 0 Å². The van der Waals surface area contributed by atoms with E-state index in [-0.39, 0.29) is 15.7 Å². The van der Waals surface area contributed by atoms with E-state index in [4.69, 9.17) is 23.2 Å². The van der Waals surface area contributed by atoms with Crippen LogP contribution in [0.3, 0.4) is 0 Å². The molecule has 0 fully saturated rings. The fourth-order valence-electron chi connectivity index (χ4n) is 0.716. The number of nitrogens with zero attached hydrogens (tertiary/aromatic N) is 1. The second-order valence-corrected chi connectivity index (χ2v) is 4.39. The van der Waals surface area contributed by atoms with Gasteiger partial charge in [0, 0.05) is 6.07 Å². The summed E-state index contributed by atoms with van der Waals surface area (Å²) >= 11 is 9.76. The SMILES string of the molecule is O=Ic1ccc([N+](=O)[O-])c(Cl)c1Cl. The van der Waals surface area contributed by atoms with Gasteiger partial charge in [-0.05, 0) is 6.07 Å². The van der Waals surface area contributed by atoms with E-state index in [1.165, 1.54) is 12.1 Å². The highest BCUT2D eigenvalue weighted by molar-refractivity contribution is 14.1. The van der Waals surface area contributed by atoms with Crippen LogP contribution in [0.5, 0.6) is 0 Å². The second kappa shape index (κ2) is 4.30.